The van der Waals surface area contributed by atoms with E-state index in [-0.39, 0.29) is 0 Å². The van der Waals surface area contributed by atoms with Crippen LogP contribution in [0.5, 0.6) is 0 Å². The maximum atomic E-state index is 4.70. The number of fused-ring (bicyclic) bond motifs is 1. The fourth-order valence-corrected chi connectivity index (χ4v) is 2.96. The zero-order valence-electron chi connectivity index (χ0n) is 14.9. The van der Waals surface area contributed by atoms with E-state index in [0.717, 1.165) is 37.1 Å². The third-order valence-electron chi connectivity index (χ3n) is 4.28. The van der Waals surface area contributed by atoms with Crippen LogP contribution in [0.2, 0.25) is 0 Å². The van der Waals surface area contributed by atoms with Crippen molar-refractivity contribution in [2.24, 2.45) is 4.99 Å². The highest BCUT2D eigenvalue weighted by atomic mass is 15.3. The first kappa shape index (κ1) is 17.8. The minimum absolute atomic E-state index is 0.437. The zero-order valence-corrected chi connectivity index (χ0v) is 14.9. The van der Waals surface area contributed by atoms with Gasteiger partial charge >= 0.3 is 0 Å². The molecule has 130 valence electrons. The second-order valence-electron chi connectivity index (χ2n) is 6.38. The zero-order chi connectivity index (χ0) is 16.5. The molecule has 6 nitrogen and oxygen atoms in total. The third kappa shape index (κ3) is 5.52. The number of rotatable bonds is 8. The topological polar surface area (TPSA) is 67.1 Å². The molecule has 23 heavy (non-hydrogen) atoms. The number of nitrogens with one attached hydrogen (secondary N) is 2. The molecule has 0 amide bonds. The highest BCUT2D eigenvalue weighted by Crippen LogP contribution is 2.14. The summed E-state index contributed by atoms with van der Waals surface area (Å²) in [5.74, 6) is 2.98. The van der Waals surface area contributed by atoms with Gasteiger partial charge in [0, 0.05) is 25.6 Å². The number of unbranched alkanes of at least 4 members (excludes halogenated alkanes) is 2. The van der Waals surface area contributed by atoms with Crippen LogP contribution in [-0.2, 0) is 19.5 Å². The summed E-state index contributed by atoms with van der Waals surface area (Å²) >= 11 is 0. The van der Waals surface area contributed by atoms with Crippen molar-refractivity contribution < 1.29 is 0 Å². The van der Waals surface area contributed by atoms with E-state index in [4.69, 9.17) is 4.99 Å². The molecule has 1 aliphatic heterocycles. The van der Waals surface area contributed by atoms with Crippen molar-refractivity contribution in [2.45, 2.75) is 84.8 Å². The number of aryl methyl sites for hydroxylation is 1. The predicted octanol–water partition coefficient (Wildman–Crippen LogP) is 2.64. The van der Waals surface area contributed by atoms with Crippen LogP contribution in [-0.4, -0.2) is 33.3 Å². The molecule has 1 aromatic rings. The Bertz CT molecular complexity index is 493. The van der Waals surface area contributed by atoms with Gasteiger partial charge in [-0.15, -0.1) is 10.2 Å². The lowest BCUT2D eigenvalue weighted by molar-refractivity contribution is 0.507. The lowest BCUT2D eigenvalue weighted by Crippen LogP contribution is -2.42. The first-order valence-electron chi connectivity index (χ1n) is 9.20. The summed E-state index contributed by atoms with van der Waals surface area (Å²) in [6, 6.07) is 0.437. The minimum atomic E-state index is 0.437. The maximum absolute atomic E-state index is 4.70. The van der Waals surface area contributed by atoms with Gasteiger partial charge in [-0.1, -0.05) is 26.2 Å². The fourth-order valence-electron chi connectivity index (χ4n) is 2.96. The quantitative estimate of drug-likeness (QED) is 0.439. The van der Waals surface area contributed by atoms with Gasteiger partial charge in [0.25, 0.3) is 0 Å². The van der Waals surface area contributed by atoms with Crippen LogP contribution in [0.4, 0.5) is 0 Å². The molecule has 0 radical (unpaired) electrons. The Morgan fingerprint density at radius 3 is 2.91 bits per heavy atom. The summed E-state index contributed by atoms with van der Waals surface area (Å²) in [7, 11) is 0. The molecule has 1 aromatic heterocycles. The van der Waals surface area contributed by atoms with Gasteiger partial charge in [0.2, 0.25) is 0 Å². The minimum Gasteiger partial charge on any atom is -0.357 e. The number of aromatic nitrogens is 3. The largest absolute Gasteiger partial charge is 0.357 e. The molecular formula is C17H32N6. The SMILES string of the molecule is CCCCCC(C)NC(=NCc1nnc2n1CCCC2)NCC. The molecule has 6 heteroatoms. The molecule has 0 saturated carbocycles. The lowest BCUT2D eigenvalue weighted by Gasteiger charge is -2.18. The third-order valence-corrected chi connectivity index (χ3v) is 4.28. The Hall–Kier alpha value is -1.59. The Balaban J connectivity index is 1.91. The smallest absolute Gasteiger partial charge is 0.191 e. The van der Waals surface area contributed by atoms with E-state index in [0.29, 0.717) is 12.6 Å². The molecule has 0 bridgehead atoms. The summed E-state index contributed by atoms with van der Waals surface area (Å²) in [5.41, 5.74) is 0. The van der Waals surface area contributed by atoms with Crippen molar-refractivity contribution in [1.82, 2.24) is 25.4 Å². The van der Waals surface area contributed by atoms with Crippen molar-refractivity contribution >= 4 is 5.96 Å². The molecule has 1 atom stereocenters. The van der Waals surface area contributed by atoms with Gasteiger partial charge in [0.15, 0.2) is 11.8 Å². The highest BCUT2D eigenvalue weighted by molar-refractivity contribution is 5.79. The molecular weight excluding hydrogens is 288 g/mol. The number of hydrogen-bond donors (Lipinski definition) is 2. The maximum Gasteiger partial charge on any atom is 0.191 e. The molecule has 2 heterocycles. The van der Waals surface area contributed by atoms with E-state index in [2.05, 4.69) is 46.2 Å². The second-order valence-corrected chi connectivity index (χ2v) is 6.38. The van der Waals surface area contributed by atoms with Gasteiger partial charge in [-0.2, -0.15) is 0 Å². The number of hydrogen-bond acceptors (Lipinski definition) is 3. The average Bonchev–Trinajstić information content (AvgIpc) is 2.96. The first-order chi connectivity index (χ1) is 11.2. The van der Waals surface area contributed by atoms with E-state index in [9.17, 15) is 0 Å². The van der Waals surface area contributed by atoms with Gasteiger partial charge in [0.1, 0.15) is 12.4 Å². The number of aliphatic imine (C=N–C) groups is 1. The van der Waals surface area contributed by atoms with Crippen molar-refractivity contribution in [3.63, 3.8) is 0 Å². The van der Waals surface area contributed by atoms with E-state index in [1.807, 2.05) is 0 Å². The van der Waals surface area contributed by atoms with Crippen LogP contribution >= 0.6 is 0 Å². The second kappa shape index (κ2) is 9.53. The van der Waals surface area contributed by atoms with Crippen LogP contribution in [0, 0.1) is 0 Å². The summed E-state index contributed by atoms with van der Waals surface area (Å²) in [5, 5.41) is 15.4. The molecule has 0 aromatic carbocycles. The standard InChI is InChI=1S/C17H32N6/c1-4-6-7-10-14(3)20-17(18-5-2)19-13-16-22-21-15-11-8-9-12-23(15)16/h14H,4-13H2,1-3H3,(H2,18,19,20). The van der Waals surface area contributed by atoms with Gasteiger partial charge in [-0.3, -0.25) is 0 Å². The summed E-state index contributed by atoms with van der Waals surface area (Å²) in [6.45, 7) is 9.04. The van der Waals surface area contributed by atoms with Crippen LogP contribution in [0.3, 0.4) is 0 Å². The summed E-state index contributed by atoms with van der Waals surface area (Å²) in [6.07, 6.45) is 8.49. The normalized spacial score (nSPS) is 16.0. The summed E-state index contributed by atoms with van der Waals surface area (Å²) in [4.78, 5) is 4.70. The van der Waals surface area contributed by atoms with Crippen molar-refractivity contribution in [2.75, 3.05) is 6.54 Å². The van der Waals surface area contributed by atoms with Gasteiger partial charge in [0.05, 0.1) is 0 Å². The Morgan fingerprint density at radius 1 is 1.26 bits per heavy atom. The Kier molecular flexibility index (Phi) is 7.36. The molecule has 0 aliphatic carbocycles. The van der Waals surface area contributed by atoms with Crippen molar-refractivity contribution in [3.8, 4) is 0 Å². The number of guanidine groups is 1. The number of nitrogens with zero attached hydrogens (tertiary/aromatic N) is 4. The van der Waals surface area contributed by atoms with E-state index in [1.165, 1.54) is 38.5 Å². The molecule has 0 spiro atoms. The van der Waals surface area contributed by atoms with Gasteiger partial charge < -0.3 is 15.2 Å². The Morgan fingerprint density at radius 2 is 2.13 bits per heavy atom. The van der Waals surface area contributed by atoms with Crippen molar-refractivity contribution in [1.29, 1.82) is 0 Å². The monoisotopic (exact) mass is 320 g/mol. The molecule has 2 rings (SSSR count). The molecule has 0 fully saturated rings. The average molecular weight is 320 g/mol. The molecule has 1 unspecified atom stereocenters. The van der Waals surface area contributed by atoms with Crippen LogP contribution in [0.1, 0.15) is 70.9 Å². The molecule has 1 aliphatic rings. The Labute approximate surface area is 140 Å². The van der Waals surface area contributed by atoms with Crippen LogP contribution < -0.4 is 10.6 Å². The fraction of sp³-hybridized carbons (Fsp3) is 0.824. The molecule has 2 N–H and O–H groups in total. The van der Waals surface area contributed by atoms with Gasteiger partial charge in [-0.05, 0) is 33.1 Å². The van der Waals surface area contributed by atoms with E-state index in [1.54, 1.807) is 0 Å². The van der Waals surface area contributed by atoms with E-state index < -0.39 is 0 Å². The highest BCUT2D eigenvalue weighted by Gasteiger charge is 2.15. The van der Waals surface area contributed by atoms with E-state index >= 15 is 0 Å². The van der Waals surface area contributed by atoms with Gasteiger partial charge in [-0.25, -0.2) is 4.99 Å². The summed E-state index contributed by atoms with van der Waals surface area (Å²) < 4.78 is 2.24. The van der Waals surface area contributed by atoms with Crippen molar-refractivity contribution in [3.05, 3.63) is 11.6 Å². The van der Waals surface area contributed by atoms with Crippen LogP contribution in [0.15, 0.2) is 4.99 Å². The van der Waals surface area contributed by atoms with Crippen LogP contribution in [0.25, 0.3) is 0 Å². The first-order valence-corrected chi connectivity index (χ1v) is 9.20. The lowest BCUT2D eigenvalue weighted by atomic mass is 10.1. The molecule has 0 saturated heterocycles. The predicted molar refractivity (Wildman–Crippen MR) is 94.5 cm³/mol.